The summed E-state index contributed by atoms with van der Waals surface area (Å²) in [6.07, 6.45) is 4.73. The van der Waals surface area contributed by atoms with E-state index in [0.29, 0.717) is 0 Å². The van der Waals surface area contributed by atoms with Crippen LogP contribution < -0.4 is 10.2 Å². The van der Waals surface area contributed by atoms with Gasteiger partial charge in [-0.15, -0.1) is 0 Å². The van der Waals surface area contributed by atoms with Gasteiger partial charge in [-0.3, -0.25) is 9.59 Å². The Hall–Kier alpha value is -1.88. The SMILES string of the molecule is CN(C(=O)C1CCCCN1)C1CCCN(c2ccccc2)C1=O. The molecule has 0 saturated carbocycles. The van der Waals surface area contributed by atoms with E-state index in [1.54, 1.807) is 11.9 Å². The summed E-state index contributed by atoms with van der Waals surface area (Å²) in [5.41, 5.74) is 0.916. The number of hydrogen-bond donors (Lipinski definition) is 1. The van der Waals surface area contributed by atoms with Crippen LogP contribution in [0.25, 0.3) is 0 Å². The first-order chi connectivity index (χ1) is 11.2. The van der Waals surface area contributed by atoms with E-state index in [2.05, 4.69) is 5.32 Å². The van der Waals surface area contributed by atoms with E-state index in [-0.39, 0.29) is 23.9 Å². The Kier molecular flexibility index (Phi) is 4.96. The largest absolute Gasteiger partial charge is 0.332 e. The second-order valence-corrected chi connectivity index (χ2v) is 6.44. The number of anilines is 1. The minimum absolute atomic E-state index is 0.0362. The van der Waals surface area contributed by atoms with E-state index in [1.165, 1.54) is 0 Å². The molecule has 2 heterocycles. The summed E-state index contributed by atoms with van der Waals surface area (Å²) in [6, 6.07) is 9.24. The van der Waals surface area contributed by atoms with Crippen LogP contribution in [-0.2, 0) is 9.59 Å². The quantitative estimate of drug-likeness (QED) is 0.925. The first-order valence-electron chi connectivity index (χ1n) is 8.55. The van der Waals surface area contributed by atoms with Crippen molar-refractivity contribution in [3.8, 4) is 0 Å². The van der Waals surface area contributed by atoms with Crippen molar-refractivity contribution in [2.24, 2.45) is 0 Å². The summed E-state index contributed by atoms with van der Waals surface area (Å²) in [4.78, 5) is 29.0. The van der Waals surface area contributed by atoms with Crippen LogP contribution in [0.5, 0.6) is 0 Å². The van der Waals surface area contributed by atoms with Crippen LogP contribution in [0.2, 0.25) is 0 Å². The average Bonchev–Trinajstić information content (AvgIpc) is 2.62. The maximum Gasteiger partial charge on any atom is 0.249 e. The van der Waals surface area contributed by atoms with Crippen molar-refractivity contribution in [1.82, 2.24) is 10.2 Å². The molecular formula is C18H25N3O2. The van der Waals surface area contributed by atoms with Gasteiger partial charge in [0.15, 0.2) is 0 Å². The number of carbonyl (C=O) groups excluding carboxylic acids is 2. The van der Waals surface area contributed by atoms with Gasteiger partial charge in [-0.2, -0.15) is 0 Å². The number of para-hydroxylation sites is 1. The lowest BCUT2D eigenvalue weighted by Crippen LogP contribution is -2.57. The molecule has 2 amide bonds. The standard InChI is InChI=1S/C18H25N3O2/c1-20(17(22)15-10-5-6-12-19-15)16-11-7-13-21(18(16)23)14-8-3-2-4-9-14/h2-4,8-9,15-16,19H,5-7,10-13H2,1H3. The van der Waals surface area contributed by atoms with Crippen molar-refractivity contribution >= 4 is 17.5 Å². The van der Waals surface area contributed by atoms with E-state index >= 15 is 0 Å². The van der Waals surface area contributed by atoms with Crippen molar-refractivity contribution in [1.29, 1.82) is 0 Å². The molecule has 5 heteroatoms. The summed E-state index contributed by atoms with van der Waals surface area (Å²) < 4.78 is 0. The molecule has 2 unspecified atom stereocenters. The molecule has 3 rings (SSSR count). The molecular weight excluding hydrogens is 290 g/mol. The van der Waals surface area contributed by atoms with Gasteiger partial charge in [-0.1, -0.05) is 24.6 Å². The fourth-order valence-corrected chi connectivity index (χ4v) is 3.54. The van der Waals surface area contributed by atoms with Gasteiger partial charge in [0.2, 0.25) is 11.8 Å². The summed E-state index contributed by atoms with van der Waals surface area (Å²) >= 11 is 0. The average molecular weight is 315 g/mol. The second kappa shape index (κ2) is 7.13. The fourth-order valence-electron chi connectivity index (χ4n) is 3.54. The second-order valence-electron chi connectivity index (χ2n) is 6.44. The van der Waals surface area contributed by atoms with E-state index in [0.717, 1.165) is 50.9 Å². The Morgan fingerprint density at radius 1 is 1.17 bits per heavy atom. The monoisotopic (exact) mass is 315 g/mol. The molecule has 1 aromatic carbocycles. The molecule has 0 radical (unpaired) electrons. The van der Waals surface area contributed by atoms with Crippen LogP contribution in [0.1, 0.15) is 32.1 Å². The third-order valence-corrected chi connectivity index (χ3v) is 4.90. The summed E-state index contributed by atoms with van der Waals surface area (Å²) in [6.45, 7) is 1.61. The Bertz CT molecular complexity index is 555. The van der Waals surface area contributed by atoms with Gasteiger partial charge in [0, 0.05) is 19.3 Å². The topological polar surface area (TPSA) is 52.7 Å². The molecule has 2 atom stereocenters. The van der Waals surface area contributed by atoms with E-state index in [4.69, 9.17) is 0 Å². The lowest BCUT2D eigenvalue weighted by atomic mass is 9.99. The zero-order valence-electron chi connectivity index (χ0n) is 13.7. The van der Waals surface area contributed by atoms with Gasteiger partial charge in [0.1, 0.15) is 6.04 Å². The smallest absolute Gasteiger partial charge is 0.249 e. The molecule has 1 aromatic rings. The van der Waals surface area contributed by atoms with Gasteiger partial charge in [0.25, 0.3) is 0 Å². The number of benzene rings is 1. The van der Waals surface area contributed by atoms with Gasteiger partial charge < -0.3 is 15.1 Å². The zero-order valence-corrected chi connectivity index (χ0v) is 13.7. The Morgan fingerprint density at radius 3 is 2.65 bits per heavy atom. The Balaban J connectivity index is 1.71. The number of nitrogens with one attached hydrogen (secondary N) is 1. The van der Waals surface area contributed by atoms with Crippen LogP contribution in [0.3, 0.4) is 0 Å². The number of likely N-dealkylation sites (N-methyl/N-ethyl adjacent to an activating group) is 1. The third kappa shape index (κ3) is 3.39. The molecule has 0 bridgehead atoms. The minimum atomic E-state index is -0.347. The number of rotatable bonds is 3. The normalized spacial score (nSPS) is 25.3. The highest BCUT2D eigenvalue weighted by molar-refractivity contribution is 6.00. The number of piperidine rings is 2. The van der Waals surface area contributed by atoms with E-state index in [9.17, 15) is 9.59 Å². The van der Waals surface area contributed by atoms with E-state index < -0.39 is 0 Å². The number of carbonyl (C=O) groups is 2. The minimum Gasteiger partial charge on any atom is -0.332 e. The third-order valence-electron chi connectivity index (χ3n) is 4.90. The van der Waals surface area contributed by atoms with Crippen molar-refractivity contribution in [2.75, 3.05) is 25.0 Å². The maximum absolute atomic E-state index is 12.9. The van der Waals surface area contributed by atoms with Crippen molar-refractivity contribution in [3.05, 3.63) is 30.3 Å². The predicted molar refractivity (Wildman–Crippen MR) is 90.2 cm³/mol. The Labute approximate surface area is 137 Å². The molecule has 124 valence electrons. The van der Waals surface area contributed by atoms with Gasteiger partial charge in [0.05, 0.1) is 6.04 Å². The molecule has 2 aliphatic heterocycles. The molecule has 23 heavy (non-hydrogen) atoms. The first-order valence-corrected chi connectivity index (χ1v) is 8.55. The molecule has 2 saturated heterocycles. The van der Waals surface area contributed by atoms with Crippen molar-refractivity contribution in [3.63, 3.8) is 0 Å². The first kappa shape index (κ1) is 16.0. The van der Waals surface area contributed by atoms with Crippen LogP contribution >= 0.6 is 0 Å². The maximum atomic E-state index is 12.9. The van der Waals surface area contributed by atoms with Gasteiger partial charge in [-0.05, 0) is 44.4 Å². The molecule has 0 aliphatic carbocycles. The Morgan fingerprint density at radius 2 is 1.96 bits per heavy atom. The predicted octanol–water partition coefficient (Wildman–Crippen LogP) is 1.78. The highest BCUT2D eigenvalue weighted by atomic mass is 16.2. The highest BCUT2D eigenvalue weighted by Crippen LogP contribution is 2.24. The summed E-state index contributed by atoms with van der Waals surface area (Å²) in [5, 5.41) is 3.28. The van der Waals surface area contributed by atoms with Crippen LogP contribution in [0.4, 0.5) is 5.69 Å². The lowest BCUT2D eigenvalue weighted by Gasteiger charge is -2.38. The number of nitrogens with zero attached hydrogens (tertiary/aromatic N) is 2. The number of amides is 2. The summed E-state index contributed by atoms with van der Waals surface area (Å²) in [7, 11) is 1.77. The van der Waals surface area contributed by atoms with Gasteiger partial charge >= 0.3 is 0 Å². The van der Waals surface area contributed by atoms with Crippen LogP contribution in [0, 0.1) is 0 Å². The molecule has 1 N–H and O–H groups in total. The zero-order chi connectivity index (χ0) is 16.2. The fraction of sp³-hybridized carbons (Fsp3) is 0.556. The summed E-state index contributed by atoms with van der Waals surface area (Å²) in [5.74, 6) is 0.0899. The lowest BCUT2D eigenvalue weighted by molar-refractivity contribution is -0.140. The van der Waals surface area contributed by atoms with E-state index in [1.807, 2.05) is 35.2 Å². The van der Waals surface area contributed by atoms with Crippen LogP contribution in [0.15, 0.2) is 30.3 Å². The van der Waals surface area contributed by atoms with Crippen LogP contribution in [-0.4, -0.2) is 48.9 Å². The van der Waals surface area contributed by atoms with Gasteiger partial charge in [-0.25, -0.2) is 0 Å². The van der Waals surface area contributed by atoms with Crippen molar-refractivity contribution in [2.45, 2.75) is 44.2 Å². The molecule has 2 aliphatic rings. The molecule has 2 fully saturated rings. The molecule has 5 nitrogen and oxygen atoms in total. The van der Waals surface area contributed by atoms with Crippen molar-refractivity contribution < 1.29 is 9.59 Å². The highest BCUT2D eigenvalue weighted by Gasteiger charge is 2.36. The number of hydrogen-bond acceptors (Lipinski definition) is 3. The molecule has 0 spiro atoms. The molecule has 0 aromatic heterocycles.